The largest absolute Gasteiger partial charge is 0.339 e. The van der Waals surface area contributed by atoms with E-state index in [1.54, 1.807) is 0 Å². The van der Waals surface area contributed by atoms with Gasteiger partial charge in [0.15, 0.2) is 0 Å². The minimum atomic E-state index is 0.294. The van der Waals surface area contributed by atoms with Crippen LogP contribution in [-0.4, -0.2) is 23.4 Å². The lowest BCUT2D eigenvalue weighted by atomic mass is 9.99. The molecule has 1 aromatic carbocycles. The van der Waals surface area contributed by atoms with Crippen molar-refractivity contribution in [2.75, 3.05) is 6.54 Å². The Hall–Kier alpha value is -1.31. The third-order valence-corrected chi connectivity index (χ3v) is 3.62. The van der Waals surface area contributed by atoms with Gasteiger partial charge in [0.25, 0.3) is 0 Å². The van der Waals surface area contributed by atoms with E-state index in [1.807, 2.05) is 30.3 Å². The highest BCUT2D eigenvalue weighted by atomic mass is 16.2. The van der Waals surface area contributed by atoms with Crippen molar-refractivity contribution in [3.63, 3.8) is 0 Å². The highest BCUT2D eigenvalue weighted by molar-refractivity contribution is 5.79. The van der Waals surface area contributed by atoms with Crippen LogP contribution in [0, 0.1) is 0 Å². The summed E-state index contributed by atoms with van der Waals surface area (Å²) >= 11 is 0. The Morgan fingerprint density at radius 2 is 2.06 bits per heavy atom. The molecule has 1 aliphatic rings. The molecule has 0 N–H and O–H groups in total. The lowest BCUT2D eigenvalue weighted by Gasteiger charge is -2.35. The number of amides is 1. The maximum Gasteiger partial charge on any atom is 0.227 e. The van der Waals surface area contributed by atoms with E-state index in [1.165, 1.54) is 12.8 Å². The zero-order valence-corrected chi connectivity index (χ0v) is 10.6. The summed E-state index contributed by atoms with van der Waals surface area (Å²) in [4.78, 5) is 14.4. The van der Waals surface area contributed by atoms with Gasteiger partial charge in [0.05, 0.1) is 6.42 Å². The molecule has 2 rings (SSSR count). The van der Waals surface area contributed by atoms with E-state index in [2.05, 4.69) is 11.8 Å². The molecular weight excluding hydrogens is 210 g/mol. The maximum atomic E-state index is 12.3. The Bertz CT molecular complexity index is 360. The van der Waals surface area contributed by atoms with Crippen LogP contribution < -0.4 is 0 Å². The van der Waals surface area contributed by atoms with Crippen molar-refractivity contribution >= 4 is 5.91 Å². The molecule has 1 amide bonds. The van der Waals surface area contributed by atoms with Crippen LogP contribution in [0.5, 0.6) is 0 Å². The molecule has 0 bridgehead atoms. The molecule has 17 heavy (non-hydrogen) atoms. The first kappa shape index (κ1) is 12.2. The molecule has 0 saturated carbocycles. The molecule has 0 aliphatic carbocycles. The van der Waals surface area contributed by atoms with Crippen LogP contribution in [0.1, 0.15) is 38.2 Å². The fourth-order valence-electron chi connectivity index (χ4n) is 2.63. The van der Waals surface area contributed by atoms with Crippen LogP contribution in [-0.2, 0) is 11.2 Å². The number of piperidine rings is 1. The van der Waals surface area contributed by atoms with E-state index in [9.17, 15) is 4.79 Å². The third-order valence-electron chi connectivity index (χ3n) is 3.62. The van der Waals surface area contributed by atoms with Crippen LogP contribution >= 0.6 is 0 Å². The van der Waals surface area contributed by atoms with Gasteiger partial charge >= 0.3 is 0 Å². The number of nitrogens with zero attached hydrogens (tertiary/aromatic N) is 1. The summed E-state index contributed by atoms with van der Waals surface area (Å²) in [5, 5.41) is 0. The van der Waals surface area contributed by atoms with Crippen molar-refractivity contribution in [2.45, 2.75) is 45.1 Å². The van der Waals surface area contributed by atoms with Crippen LogP contribution in [0.15, 0.2) is 30.3 Å². The first-order valence-corrected chi connectivity index (χ1v) is 6.64. The molecule has 0 aromatic heterocycles. The smallest absolute Gasteiger partial charge is 0.227 e. The molecule has 0 radical (unpaired) electrons. The van der Waals surface area contributed by atoms with Crippen molar-refractivity contribution in [1.29, 1.82) is 0 Å². The van der Waals surface area contributed by atoms with E-state index in [-0.39, 0.29) is 0 Å². The summed E-state index contributed by atoms with van der Waals surface area (Å²) in [5.74, 6) is 0.294. The Labute approximate surface area is 104 Å². The Morgan fingerprint density at radius 1 is 1.29 bits per heavy atom. The lowest BCUT2D eigenvalue weighted by Crippen LogP contribution is -2.44. The Balaban J connectivity index is 1.99. The molecular formula is C15H21NO. The lowest BCUT2D eigenvalue weighted by molar-refractivity contribution is -0.134. The van der Waals surface area contributed by atoms with Gasteiger partial charge in [-0.05, 0) is 31.2 Å². The summed E-state index contributed by atoms with van der Waals surface area (Å²) in [5.41, 5.74) is 1.12. The third kappa shape index (κ3) is 3.09. The predicted molar refractivity (Wildman–Crippen MR) is 69.8 cm³/mol. The minimum Gasteiger partial charge on any atom is -0.339 e. The molecule has 1 aromatic rings. The average molecular weight is 231 g/mol. The van der Waals surface area contributed by atoms with Gasteiger partial charge < -0.3 is 4.90 Å². The van der Waals surface area contributed by atoms with Gasteiger partial charge in [-0.15, -0.1) is 0 Å². The van der Waals surface area contributed by atoms with E-state index in [0.717, 1.165) is 24.9 Å². The standard InChI is InChI=1S/C15H21NO/c1-2-14-10-6-7-11-16(14)15(17)12-13-8-4-3-5-9-13/h3-5,8-9,14H,2,6-7,10-12H2,1H3. The first-order valence-electron chi connectivity index (χ1n) is 6.64. The molecule has 2 nitrogen and oxygen atoms in total. The second kappa shape index (κ2) is 5.85. The van der Waals surface area contributed by atoms with Gasteiger partial charge in [0.1, 0.15) is 0 Å². The van der Waals surface area contributed by atoms with Crippen molar-refractivity contribution in [2.24, 2.45) is 0 Å². The highest BCUT2D eigenvalue weighted by Gasteiger charge is 2.24. The van der Waals surface area contributed by atoms with Crippen molar-refractivity contribution in [3.8, 4) is 0 Å². The van der Waals surface area contributed by atoms with Gasteiger partial charge in [-0.2, -0.15) is 0 Å². The maximum absolute atomic E-state index is 12.3. The van der Waals surface area contributed by atoms with E-state index in [0.29, 0.717) is 18.4 Å². The molecule has 1 fully saturated rings. The monoisotopic (exact) mass is 231 g/mol. The van der Waals surface area contributed by atoms with Crippen LogP contribution in [0.2, 0.25) is 0 Å². The quantitative estimate of drug-likeness (QED) is 0.783. The second-order valence-corrected chi connectivity index (χ2v) is 4.81. The second-order valence-electron chi connectivity index (χ2n) is 4.81. The van der Waals surface area contributed by atoms with Gasteiger partial charge in [-0.3, -0.25) is 4.79 Å². The van der Waals surface area contributed by atoms with Gasteiger partial charge in [-0.25, -0.2) is 0 Å². The van der Waals surface area contributed by atoms with E-state index in [4.69, 9.17) is 0 Å². The van der Waals surface area contributed by atoms with Crippen LogP contribution in [0.25, 0.3) is 0 Å². The summed E-state index contributed by atoms with van der Waals surface area (Å²) in [6.07, 6.45) is 5.25. The summed E-state index contributed by atoms with van der Waals surface area (Å²) in [6.45, 7) is 3.13. The molecule has 1 heterocycles. The van der Waals surface area contributed by atoms with Crippen molar-refractivity contribution in [3.05, 3.63) is 35.9 Å². The van der Waals surface area contributed by atoms with Gasteiger partial charge in [0, 0.05) is 12.6 Å². The molecule has 2 heteroatoms. The number of hydrogen-bond donors (Lipinski definition) is 0. The van der Waals surface area contributed by atoms with Gasteiger partial charge in [-0.1, -0.05) is 37.3 Å². The average Bonchev–Trinajstić information content (AvgIpc) is 2.40. The molecule has 1 aliphatic heterocycles. The zero-order chi connectivity index (χ0) is 12.1. The van der Waals surface area contributed by atoms with Crippen molar-refractivity contribution in [1.82, 2.24) is 4.90 Å². The topological polar surface area (TPSA) is 20.3 Å². The van der Waals surface area contributed by atoms with Crippen molar-refractivity contribution < 1.29 is 4.79 Å². The first-order chi connectivity index (χ1) is 8.31. The number of hydrogen-bond acceptors (Lipinski definition) is 1. The Morgan fingerprint density at radius 3 is 2.76 bits per heavy atom. The number of rotatable bonds is 3. The minimum absolute atomic E-state index is 0.294. The number of likely N-dealkylation sites (tertiary alicyclic amines) is 1. The van der Waals surface area contributed by atoms with Gasteiger partial charge in [0.2, 0.25) is 5.91 Å². The summed E-state index contributed by atoms with van der Waals surface area (Å²) < 4.78 is 0. The van der Waals surface area contributed by atoms with E-state index < -0.39 is 0 Å². The normalized spacial score (nSPS) is 20.3. The molecule has 0 spiro atoms. The highest BCUT2D eigenvalue weighted by Crippen LogP contribution is 2.20. The summed E-state index contributed by atoms with van der Waals surface area (Å²) in [7, 11) is 0. The molecule has 92 valence electrons. The molecule has 1 unspecified atom stereocenters. The molecule has 1 atom stereocenters. The Kier molecular flexibility index (Phi) is 4.18. The SMILES string of the molecule is CCC1CCCCN1C(=O)Cc1ccccc1. The fraction of sp³-hybridized carbons (Fsp3) is 0.533. The van der Waals surface area contributed by atoms with Crippen LogP contribution in [0.3, 0.4) is 0 Å². The van der Waals surface area contributed by atoms with Crippen LogP contribution in [0.4, 0.5) is 0 Å². The fourth-order valence-corrected chi connectivity index (χ4v) is 2.63. The predicted octanol–water partition coefficient (Wildman–Crippen LogP) is 3.02. The number of benzene rings is 1. The van der Waals surface area contributed by atoms with E-state index >= 15 is 0 Å². The molecule has 1 saturated heterocycles. The number of carbonyl (C=O) groups is 1. The summed E-state index contributed by atoms with van der Waals surface area (Å²) in [6, 6.07) is 10.5. The zero-order valence-electron chi connectivity index (χ0n) is 10.6. The number of carbonyl (C=O) groups excluding carboxylic acids is 1.